The van der Waals surface area contributed by atoms with Gasteiger partial charge in [0.15, 0.2) is 11.5 Å². The summed E-state index contributed by atoms with van der Waals surface area (Å²) in [6.07, 6.45) is 0. The maximum atomic E-state index is 12.3. The first-order chi connectivity index (χ1) is 10.0. The minimum atomic E-state index is -0.267. The van der Waals surface area contributed by atoms with E-state index < -0.39 is 0 Å². The second-order valence-electron chi connectivity index (χ2n) is 5.64. The molecule has 0 radical (unpaired) electrons. The van der Waals surface area contributed by atoms with Crippen molar-refractivity contribution >= 4 is 5.91 Å². The second-order valence-corrected chi connectivity index (χ2v) is 5.64. The van der Waals surface area contributed by atoms with Crippen molar-refractivity contribution in [2.45, 2.75) is 6.92 Å². The Morgan fingerprint density at radius 2 is 1.90 bits per heavy atom. The highest BCUT2D eigenvalue weighted by Crippen LogP contribution is 2.25. The monoisotopic (exact) mass is 293 g/mol. The summed E-state index contributed by atoms with van der Waals surface area (Å²) in [6.45, 7) is 6.75. The summed E-state index contributed by atoms with van der Waals surface area (Å²) < 4.78 is 0. The molecular weight excluding hydrogens is 270 g/mol. The number of carbonyl (C=O) groups is 1. The van der Waals surface area contributed by atoms with Crippen molar-refractivity contribution in [1.82, 2.24) is 9.80 Å². The smallest absolute Gasteiger partial charge is 0.254 e. The van der Waals surface area contributed by atoms with Gasteiger partial charge in [0.25, 0.3) is 5.91 Å². The highest BCUT2D eigenvalue weighted by Gasteiger charge is 2.23. The van der Waals surface area contributed by atoms with Gasteiger partial charge in [-0.05, 0) is 30.7 Å². The summed E-state index contributed by atoms with van der Waals surface area (Å²) in [6, 6.07) is 4.17. The summed E-state index contributed by atoms with van der Waals surface area (Å²) >= 11 is 0. The largest absolute Gasteiger partial charge is 0.504 e. The first-order valence-electron chi connectivity index (χ1n) is 7.25. The van der Waals surface area contributed by atoms with E-state index in [2.05, 4.69) is 11.8 Å². The molecule has 0 aliphatic carbocycles. The maximum absolute atomic E-state index is 12.3. The molecule has 21 heavy (non-hydrogen) atoms. The van der Waals surface area contributed by atoms with E-state index in [1.165, 1.54) is 18.2 Å². The van der Waals surface area contributed by atoms with Crippen LogP contribution in [0.1, 0.15) is 17.3 Å². The van der Waals surface area contributed by atoms with Crippen molar-refractivity contribution in [3.8, 4) is 11.5 Å². The van der Waals surface area contributed by atoms with Gasteiger partial charge in [-0.25, -0.2) is 0 Å². The fraction of sp³-hybridized carbons (Fsp3) is 0.533. The van der Waals surface area contributed by atoms with E-state index in [-0.39, 0.29) is 17.4 Å². The van der Waals surface area contributed by atoms with E-state index in [1.54, 1.807) is 4.90 Å². The normalized spacial score (nSPS) is 17.7. The predicted octanol–water partition coefficient (Wildman–Crippen LogP) is 0.450. The Morgan fingerprint density at radius 1 is 1.24 bits per heavy atom. The Bertz CT molecular complexity index is 499. The van der Waals surface area contributed by atoms with Gasteiger partial charge < -0.3 is 20.8 Å². The number of nitrogens with two attached hydrogens (primary N) is 1. The van der Waals surface area contributed by atoms with E-state index in [0.717, 1.165) is 19.6 Å². The fourth-order valence-electron chi connectivity index (χ4n) is 2.49. The van der Waals surface area contributed by atoms with E-state index in [4.69, 9.17) is 5.73 Å². The van der Waals surface area contributed by atoms with Crippen LogP contribution in [0.5, 0.6) is 11.5 Å². The molecule has 1 amide bonds. The Labute approximate surface area is 124 Å². The molecule has 1 atom stereocenters. The van der Waals surface area contributed by atoms with Gasteiger partial charge in [-0.3, -0.25) is 9.69 Å². The van der Waals surface area contributed by atoms with Crippen LogP contribution < -0.4 is 5.73 Å². The Kier molecular flexibility index (Phi) is 5.03. The Balaban J connectivity index is 1.92. The molecule has 1 unspecified atom stereocenters. The SMILES string of the molecule is CC(CN)CN1CCN(C(=O)c2ccc(O)c(O)c2)CC1. The van der Waals surface area contributed by atoms with Crippen LogP contribution in [-0.4, -0.2) is 65.2 Å². The molecule has 0 spiro atoms. The van der Waals surface area contributed by atoms with Gasteiger partial charge in [-0.15, -0.1) is 0 Å². The predicted molar refractivity (Wildman–Crippen MR) is 80.3 cm³/mol. The van der Waals surface area contributed by atoms with E-state index in [9.17, 15) is 15.0 Å². The van der Waals surface area contributed by atoms with Crippen molar-refractivity contribution in [2.75, 3.05) is 39.3 Å². The number of rotatable bonds is 4. The van der Waals surface area contributed by atoms with E-state index >= 15 is 0 Å². The molecular formula is C15H23N3O3. The average Bonchev–Trinajstić information content (AvgIpc) is 2.50. The summed E-state index contributed by atoms with van der Waals surface area (Å²) in [5.74, 6) is -0.137. The first kappa shape index (κ1) is 15.6. The lowest BCUT2D eigenvalue weighted by Crippen LogP contribution is -2.50. The molecule has 1 aliphatic rings. The second kappa shape index (κ2) is 6.78. The van der Waals surface area contributed by atoms with Gasteiger partial charge in [-0.1, -0.05) is 6.92 Å². The number of carbonyl (C=O) groups excluding carboxylic acids is 1. The van der Waals surface area contributed by atoms with Crippen LogP contribution in [0.25, 0.3) is 0 Å². The summed E-state index contributed by atoms with van der Waals surface area (Å²) in [4.78, 5) is 16.4. The highest BCUT2D eigenvalue weighted by atomic mass is 16.3. The molecule has 1 heterocycles. The van der Waals surface area contributed by atoms with E-state index in [0.29, 0.717) is 31.1 Å². The van der Waals surface area contributed by atoms with Crippen LogP contribution in [0.3, 0.4) is 0 Å². The van der Waals surface area contributed by atoms with Gasteiger partial charge in [0, 0.05) is 38.3 Å². The van der Waals surface area contributed by atoms with Gasteiger partial charge in [-0.2, -0.15) is 0 Å². The lowest BCUT2D eigenvalue weighted by atomic mass is 10.1. The van der Waals surface area contributed by atoms with Gasteiger partial charge >= 0.3 is 0 Å². The maximum Gasteiger partial charge on any atom is 0.254 e. The third kappa shape index (κ3) is 3.86. The zero-order valence-electron chi connectivity index (χ0n) is 12.3. The summed E-state index contributed by atoms with van der Waals surface area (Å²) in [7, 11) is 0. The molecule has 6 nitrogen and oxygen atoms in total. The Hall–Kier alpha value is -1.79. The number of benzene rings is 1. The number of nitrogens with zero attached hydrogens (tertiary/aromatic N) is 2. The topological polar surface area (TPSA) is 90.0 Å². The molecule has 1 aromatic rings. The molecule has 6 heteroatoms. The van der Waals surface area contributed by atoms with Crippen molar-refractivity contribution in [2.24, 2.45) is 11.7 Å². The molecule has 2 rings (SSSR count). The molecule has 1 aromatic carbocycles. The number of piperazine rings is 1. The minimum Gasteiger partial charge on any atom is -0.504 e. The first-order valence-corrected chi connectivity index (χ1v) is 7.25. The molecule has 116 valence electrons. The van der Waals surface area contributed by atoms with Crippen LogP contribution in [-0.2, 0) is 0 Å². The third-order valence-corrected chi connectivity index (χ3v) is 3.85. The number of hydrogen-bond acceptors (Lipinski definition) is 5. The van der Waals surface area contributed by atoms with E-state index in [1.807, 2.05) is 0 Å². The van der Waals surface area contributed by atoms with Crippen molar-refractivity contribution in [1.29, 1.82) is 0 Å². The molecule has 0 aromatic heterocycles. The average molecular weight is 293 g/mol. The molecule has 1 saturated heterocycles. The van der Waals surface area contributed by atoms with Crippen LogP contribution in [0.4, 0.5) is 0 Å². The van der Waals surface area contributed by atoms with Crippen LogP contribution in [0.2, 0.25) is 0 Å². The van der Waals surface area contributed by atoms with Gasteiger partial charge in [0.2, 0.25) is 0 Å². The highest BCUT2D eigenvalue weighted by molar-refractivity contribution is 5.95. The quantitative estimate of drug-likeness (QED) is 0.701. The van der Waals surface area contributed by atoms with Crippen molar-refractivity contribution in [3.63, 3.8) is 0 Å². The number of phenolic OH excluding ortho intramolecular Hbond substituents is 2. The lowest BCUT2D eigenvalue weighted by Gasteiger charge is -2.35. The number of aromatic hydroxyl groups is 2. The minimum absolute atomic E-state index is 0.114. The molecule has 4 N–H and O–H groups in total. The van der Waals surface area contributed by atoms with Gasteiger partial charge in [0.05, 0.1) is 0 Å². The molecule has 1 fully saturated rings. The zero-order chi connectivity index (χ0) is 15.4. The number of hydrogen-bond donors (Lipinski definition) is 3. The summed E-state index contributed by atoms with van der Waals surface area (Å²) in [5.41, 5.74) is 6.03. The molecule has 0 bridgehead atoms. The third-order valence-electron chi connectivity index (χ3n) is 3.85. The number of amides is 1. The van der Waals surface area contributed by atoms with Crippen LogP contribution >= 0.6 is 0 Å². The van der Waals surface area contributed by atoms with Gasteiger partial charge in [0.1, 0.15) is 0 Å². The standard InChI is InChI=1S/C15H23N3O3/c1-11(9-16)10-17-4-6-18(7-5-17)15(21)12-2-3-13(19)14(20)8-12/h2-3,8,11,19-20H,4-7,9-10,16H2,1H3. The summed E-state index contributed by atoms with van der Waals surface area (Å²) in [5, 5.41) is 18.8. The lowest BCUT2D eigenvalue weighted by molar-refractivity contribution is 0.0621. The Morgan fingerprint density at radius 3 is 2.48 bits per heavy atom. The van der Waals surface area contributed by atoms with Crippen LogP contribution in [0.15, 0.2) is 18.2 Å². The molecule has 0 saturated carbocycles. The van der Waals surface area contributed by atoms with Crippen LogP contribution in [0, 0.1) is 5.92 Å². The number of phenols is 2. The fourth-order valence-corrected chi connectivity index (χ4v) is 2.49. The molecule has 1 aliphatic heterocycles. The van der Waals surface area contributed by atoms with Crippen molar-refractivity contribution < 1.29 is 15.0 Å². The van der Waals surface area contributed by atoms with Crippen molar-refractivity contribution in [3.05, 3.63) is 23.8 Å². The zero-order valence-corrected chi connectivity index (χ0v) is 12.3.